The molecule has 0 heterocycles. The van der Waals surface area contributed by atoms with E-state index in [4.69, 9.17) is 0 Å². The van der Waals surface area contributed by atoms with E-state index in [0.29, 0.717) is 24.7 Å². The van der Waals surface area contributed by atoms with Crippen LogP contribution < -0.4 is 5.32 Å². The van der Waals surface area contributed by atoms with E-state index < -0.39 is 17.5 Å². The van der Waals surface area contributed by atoms with Crippen LogP contribution in [0, 0.1) is 11.6 Å². The van der Waals surface area contributed by atoms with Gasteiger partial charge in [-0.15, -0.1) is 0 Å². The number of nitrogens with zero attached hydrogens (tertiary/aromatic N) is 1. The molecule has 0 aliphatic rings. The van der Waals surface area contributed by atoms with E-state index in [1.54, 1.807) is 29.2 Å². The van der Waals surface area contributed by atoms with Crippen LogP contribution in [0.3, 0.4) is 0 Å². The molecule has 4 nitrogen and oxygen atoms in total. The first-order valence-electron chi connectivity index (χ1n) is 8.07. The number of amides is 2. The standard InChI is InChI=1S/C19H20F2N2O2/c1-3-23(4-2)19(25)14-7-5-13(6-8-14)12-22-18(24)16-10-9-15(20)11-17(16)21/h5-11H,3-4,12H2,1-2H3,(H,22,24). The first-order valence-corrected chi connectivity index (χ1v) is 8.07. The first-order chi connectivity index (χ1) is 12.0. The fourth-order valence-electron chi connectivity index (χ4n) is 2.41. The van der Waals surface area contributed by atoms with Crippen molar-refractivity contribution in [1.29, 1.82) is 0 Å². The Hall–Kier alpha value is -2.76. The van der Waals surface area contributed by atoms with Gasteiger partial charge in [-0.05, 0) is 43.7 Å². The molecular formula is C19H20F2N2O2. The number of hydrogen-bond donors (Lipinski definition) is 1. The van der Waals surface area contributed by atoms with Crippen molar-refractivity contribution in [2.45, 2.75) is 20.4 Å². The lowest BCUT2D eigenvalue weighted by molar-refractivity contribution is 0.0772. The van der Waals surface area contributed by atoms with Crippen molar-refractivity contribution in [2.24, 2.45) is 0 Å². The highest BCUT2D eigenvalue weighted by atomic mass is 19.1. The van der Waals surface area contributed by atoms with Gasteiger partial charge in [-0.1, -0.05) is 12.1 Å². The van der Waals surface area contributed by atoms with Gasteiger partial charge in [-0.2, -0.15) is 0 Å². The second-order valence-corrected chi connectivity index (χ2v) is 5.48. The molecule has 2 rings (SSSR count). The zero-order chi connectivity index (χ0) is 18.4. The molecule has 0 atom stereocenters. The number of halogens is 2. The third-order valence-electron chi connectivity index (χ3n) is 3.88. The Morgan fingerprint density at radius 1 is 1.00 bits per heavy atom. The van der Waals surface area contributed by atoms with Crippen LogP contribution in [0.5, 0.6) is 0 Å². The molecule has 0 aliphatic heterocycles. The molecule has 0 spiro atoms. The lowest BCUT2D eigenvalue weighted by atomic mass is 10.1. The zero-order valence-electron chi connectivity index (χ0n) is 14.2. The lowest BCUT2D eigenvalue weighted by Crippen LogP contribution is -2.30. The van der Waals surface area contributed by atoms with Gasteiger partial charge in [0.2, 0.25) is 0 Å². The molecule has 2 aromatic carbocycles. The quantitative estimate of drug-likeness (QED) is 0.872. The van der Waals surface area contributed by atoms with Gasteiger partial charge < -0.3 is 10.2 Å². The number of carbonyl (C=O) groups excluding carboxylic acids is 2. The van der Waals surface area contributed by atoms with Gasteiger partial charge >= 0.3 is 0 Å². The smallest absolute Gasteiger partial charge is 0.254 e. The number of benzene rings is 2. The molecule has 0 fully saturated rings. The molecule has 1 N–H and O–H groups in total. The molecule has 2 aromatic rings. The molecule has 6 heteroatoms. The zero-order valence-corrected chi connectivity index (χ0v) is 14.2. The van der Waals surface area contributed by atoms with Gasteiger partial charge in [0.15, 0.2) is 0 Å². The maximum atomic E-state index is 13.6. The van der Waals surface area contributed by atoms with Crippen LogP contribution in [0.4, 0.5) is 8.78 Å². The van der Waals surface area contributed by atoms with Gasteiger partial charge in [0.1, 0.15) is 11.6 Å². The van der Waals surface area contributed by atoms with Crippen LogP contribution in [-0.2, 0) is 6.54 Å². The van der Waals surface area contributed by atoms with Crippen molar-refractivity contribution in [3.8, 4) is 0 Å². The van der Waals surface area contributed by atoms with Crippen LogP contribution in [0.2, 0.25) is 0 Å². The average Bonchev–Trinajstić information content (AvgIpc) is 2.61. The summed E-state index contributed by atoms with van der Waals surface area (Å²) in [6.07, 6.45) is 0. The highest BCUT2D eigenvalue weighted by Gasteiger charge is 2.13. The normalized spacial score (nSPS) is 10.4. The van der Waals surface area contributed by atoms with E-state index in [-0.39, 0.29) is 18.0 Å². The van der Waals surface area contributed by atoms with E-state index >= 15 is 0 Å². The maximum absolute atomic E-state index is 13.6. The fraction of sp³-hybridized carbons (Fsp3) is 0.263. The van der Waals surface area contributed by atoms with Gasteiger partial charge in [0.25, 0.3) is 11.8 Å². The molecule has 0 aliphatic carbocycles. The molecular weight excluding hydrogens is 326 g/mol. The summed E-state index contributed by atoms with van der Waals surface area (Å²) in [5.74, 6) is -2.31. The Bertz CT molecular complexity index is 757. The number of rotatable bonds is 6. The summed E-state index contributed by atoms with van der Waals surface area (Å²) in [6, 6.07) is 9.66. The number of hydrogen-bond acceptors (Lipinski definition) is 2. The van der Waals surface area contributed by atoms with Crippen molar-refractivity contribution in [2.75, 3.05) is 13.1 Å². The minimum atomic E-state index is -0.905. The number of carbonyl (C=O) groups is 2. The second kappa shape index (κ2) is 8.37. The maximum Gasteiger partial charge on any atom is 0.254 e. The second-order valence-electron chi connectivity index (χ2n) is 5.48. The van der Waals surface area contributed by atoms with Gasteiger partial charge in [0.05, 0.1) is 5.56 Å². The highest BCUT2D eigenvalue weighted by molar-refractivity contribution is 5.95. The monoisotopic (exact) mass is 346 g/mol. The van der Waals surface area contributed by atoms with Crippen molar-refractivity contribution < 1.29 is 18.4 Å². The van der Waals surface area contributed by atoms with E-state index in [1.165, 1.54) is 0 Å². The summed E-state index contributed by atoms with van der Waals surface area (Å²) in [7, 11) is 0. The lowest BCUT2D eigenvalue weighted by Gasteiger charge is -2.18. The third kappa shape index (κ3) is 4.62. The summed E-state index contributed by atoms with van der Waals surface area (Å²) in [5, 5.41) is 2.57. The molecule has 2 amide bonds. The summed E-state index contributed by atoms with van der Waals surface area (Å²) < 4.78 is 26.4. The van der Waals surface area contributed by atoms with Crippen molar-refractivity contribution in [3.05, 3.63) is 70.8 Å². The summed E-state index contributed by atoms with van der Waals surface area (Å²) in [4.78, 5) is 25.9. The average molecular weight is 346 g/mol. The molecule has 25 heavy (non-hydrogen) atoms. The molecule has 0 aromatic heterocycles. The Balaban J connectivity index is 1.99. The minimum Gasteiger partial charge on any atom is -0.348 e. The van der Waals surface area contributed by atoms with Gasteiger partial charge in [-0.3, -0.25) is 9.59 Å². The molecule has 0 unspecified atom stereocenters. The first kappa shape index (κ1) is 18.6. The Morgan fingerprint density at radius 3 is 2.20 bits per heavy atom. The molecule has 0 radical (unpaired) electrons. The highest BCUT2D eigenvalue weighted by Crippen LogP contribution is 2.11. The summed E-state index contributed by atoms with van der Waals surface area (Å²) in [5.41, 5.74) is 1.13. The fourth-order valence-corrected chi connectivity index (χ4v) is 2.41. The Labute approximate surface area is 145 Å². The van der Waals surface area contributed by atoms with Crippen molar-refractivity contribution >= 4 is 11.8 Å². The van der Waals surface area contributed by atoms with Crippen LogP contribution in [0.1, 0.15) is 40.1 Å². The van der Waals surface area contributed by atoms with Crippen molar-refractivity contribution in [3.63, 3.8) is 0 Å². The van der Waals surface area contributed by atoms with Crippen LogP contribution >= 0.6 is 0 Å². The molecule has 132 valence electrons. The van der Waals surface area contributed by atoms with Gasteiger partial charge in [0, 0.05) is 31.3 Å². The summed E-state index contributed by atoms with van der Waals surface area (Å²) in [6.45, 7) is 5.28. The predicted octanol–water partition coefficient (Wildman–Crippen LogP) is 3.38. The van der Waals surface area contributed by atoms with Crippen molar-refractivity contribution in [1.82, 2.24) is 10.2 Å². The van der Waals surface area contributed by atoms with E-state index in [0.717, 1.165) is 17.7 Å². The molecule has 0 saturated carbocycles. The van der Waals surface area contributed by atoms with Crippen LogP contribution in [0.15, 0.2) is 42.5 Å². The van der Waals surface area contributed by atoms with Gasteiger partial charge in [-0.25, -0.2) is 8.78 Å². The van der Waals surface area contributed by atoms with E-state index in [2.05, 4.69) is 5.32 Å². The largest absolute Gasteiger partial charge is 0.348 e. The van der Waals surface area contributed by atoms with E-state index in [1.807, 2.05) is 13.8 Å². The predicted molar refractivity (Wildman–Crippen MR) is 91.2 cm³/mol. The Morgan fingerprint density at radius 2 is 1.64 bits per heavy atom. The Kier molecular flexibility index (Phi) is 6.22. The van der Waals surface area contributed by atoms with Crippen LogP contribution in [-0.4, -0.2) is 29.8 Å². The van der Waals surface area contributed by atoms with E-state index in [9.17, 15) is 18.4 Å². The molecule has 0 bridgehead atoms. The summed E-state index contributed by atoms with van der Waals surface area (Å²) >= 11 is 0. The molecule has 0 saturated heterocycles. The topological polar surface area (TPSA) is 49.4 Å². The SMILES string of the molecule is CCN(CC)C(=O)c1ccc(CNC(=O)c2ccc(F)cc2F)cc1. The number of nitrogens with one attached hydrogen (secondary N) is 1. The van der Waals surface area contributed by atoms with Crippen LogP contribution in [0.25, 0.3) is 0 Å². The third-order valence-corrected chi connectivity index (χ3v) is 3.88. The minimum absolute atomic E-state index is 0.0473.